The van der Waals surface area contributed by atoms with E-state index in [2.05, 4.69) is 15.7 Å². The van der Waals surface area contributed by atoms with Crippen LogP contribution in [0.25, 0.3) is 0 Å². The molecule has 0 saturated heterocycles. The first-order valence-electron chi connectivity index (χ1n) is 8.82. The molecule has 2 N–H and O–H groups in total. The van der Waals surface area contributed by atoms with E-state index in [9.17, 15) is 9.59 Å². The highest BCUT2D eigenvalue weighted by molar-refractivity contribution is 5.95. The molecule has 0 radical (unpaired) electrons. The van der Waals surface area contributed by atoms with Crippen LogP contribution in [0.3, 0.4) is 0 Å². The van der Waals surface area contributed by atoms with Gasteiger partial charge in [-0.25, -0.2) is 0 Å². The van der Waals surface area contributed by atoms with Crippen LogP contribution in [0.2, 0.25) is 0 Å². The average molecular weight is 362 g/mol. The van der Waals surface area contributed by atoms with E-state index in [0.29, 0.717) is 25.2 Å². The van der Waals surface area contributed by atoms with Gasteiger partial charge in [-0.05, 0) is 17.5 Å². The van der Waals surface area contributed by atoms with Crippen molar-refractivity contribution in [3.05, 3.63) is 83.6 Å². The summed E-state index contributed by atoms with van der Waals surface area (Å²) in [4.78, 5) is 24.5. The van der Waals surface area contributed by atoms with Crippen molar-refractivity contribution in [2.75, 3.05) is 5.32 Å². The summed E-state index contributed by atoms with van der Waals surface area (Å²) in [5.41, 5.74) is 2.39. The Morgan fingerprint density at radius 2 is 1.59 bits per heavy atom. The van der Waals surface area contributed by atoms with E-state index in [0.717, 1.165) is 11.1 Å². The number of aryl methyl sites for hydroxylation is 2. The minimum Gasteiger partial charge on any atom is -0.347 e. The SMILES string of the molecule is Cn1nc(C(=O)NCc2ccccc2)cc1NC(=O)CCc1ccccc1. The predicted octanol–water partition coefficient (Wildman–Crippen LogP) is 2.92. The molecule has 1 heterocycles. The second kappa shape index (κ2) is 8.80. The summed E-state index contributed by atoms with van der Waals surface area (Å²) >= 11 is 0. The first-order valence-corrected chi connectivity index (χ1v) is 8.82. The fourth-order valence-electron chi connectivity index (χ4n) is 2.67. The number of anilines is 1. The quantitative estimate of drug-likeness (QED) is 0.678. The third kappa shape index (κ3) is 5.28. The second-order valence-corrected chi connectivity index (χ2v) is 6.24. The molecule has 0 atom stereocenters. The summed E-state index contributed by atoms with van der Waals surface area (Å²) in [5.74, 6) is 0.107. The molecule has 2 aromatic carbocycles. The highest BCUT2D eigenvalue weighted by Gasteiger charge is 2.14. The van der Waals surface area contributed by atoms with E-state index >= 15 is 0 Å². The Bertz CT molecular complexity index is 904. The molecule has 0 unspecified atom stereocenters. The van der Waals surface area contributed by atoms with Gasteiger partial charge in [0.25, 0.3) is 5.91 Å². The van der Waals surface area contributed by atoms with Crippen LogP contribution in [0.15, 0.2) is 66.7 Å². The van der Waals surface area contributed by atoms with E-state index in [1.165, 1.54) is 4.68 Å². The van der Waals surface area contributed by atoms with E-state index in [1.54, 1.807) is 13.1 Å². The van der Waals surface area contributed by atoms with Gasteiger partial charge in [0.2, 0.25) is 5.91 Å². The Labute approximate surface area is 158 Å². The van der Waals surface area contributed by atoms with Gasteiger partial charge in [0.1, 0.15) is 5.82 Å². The Morgan fingerprint density at radius 1 is 0.963 bits per heavy atom. The molecular formula is C21H22N4O2. The van der Waals surface area contributed by atoms with Crippen LogP contribution < -0.4 is 10.6 Å². The van der Waals surface area contributed by atoms with Crippen molar-refractivity contribution in [3.63, 3.8) is 0 Å². The number of carbonyl (C=O) groups is 2. The normalized spacial score (nSPS) is 10.4. The molecule has 0 fully saturated rings. The number of benzene rings is 2. The highest BCUT2D eigenvalue weighted by atomic mass is 16.2. The van der Waals surface area contributed by atoms with E-state index < -0.39 is 0 Å². The molecule has 0 bridgehead atoms. The minimum atomic E-state index is -0.278. The summed E-state index contributed by atoms with van der Waals surface area (Å²) in [6, 6.07) is 21.1. The van der Waals surface area contributed by atoms with Crippen molar-refractivity contribution in [2.45, 2.75) is 19.4 Å². The van der Waals surface area contributed by atoms with Gasteiger partial charge in [-0.3, -0.25) is 14.3 Å². The van der Waals surface area contributed by atoms with Gasteiger partial charge in [-0.1, -0.05) is 60.7 Å². The number of nitrogens with zero attached hydrogens (tertiary/aromatic N) is 2. The maximum atomic E-state index is 12.3. The molecule has 138 valence electrons. The second-order valence-electron chi connectivity index (χ2n) is 6.24. The first-order chi connectivity index (χ1) is 13.1. The summed E-state index contributed by atoms with van der Waals surface area (Å²) in [5, 5.41) is 9.82. The molecule has 6 heteroatoms. The number of rotatable bonds is 7. The minimum absolute atomic E-state index is 0.113. The maximum Gasteiger partial charge on any atom is 0.272 e. The zero-order valence-corrected chi connectivity index (χ0v) is 15.2. The fraction of sp³-hybridized carbons (Fsp3) is 0.190. The summed E-state index contributed by atoms with van der Waals surface area (Å²) < 4.78 is 1.50. The van der Waals surface area contributed by atoms with Crippen LogP contribution in [0.5, 0.6) is 0 Å². The van der Waals surface area contributed by atoms with Gasteiger partial charge >= 0.3 is 0 Å². The van der Waals surface area contributed by atoms with Gasteiger partial charge in [0, 0.05) is 26.1 Å². The largest absolute Gasteiger partial charge is 0.347 e. The van der Waals surface area contributed by atoms with Gasteiger partial charge < -0.3 is 10.6 Å². The summed E-state index contributed by atoms with van der Waals surface area (Å²) in [6.07, 6.45) is 1.03. The molecule has 3 rings (SSSR count). The van der Waals surface area contributed by atoms with Crippen LogP contribution >= 0.6 is 0 Å². The number of nitrogens with one attached hydrogen (secondary N) is 2. The standard InChI is InChI=1S/C21H22N4O2/c1-25-19(23-20(26)13-12-16-8-4-2-5-9-16)14-18(24-25)21(27)22-15-17-10-6-3-7-11-17/h2-11,14H,12-13,15H2,1H3,(H,22,27)(H,23,26). The monoisotopic (exact) mass is 362 g/mol. The molecule has 0 saturated carbocycles. The van der Waals surface area contributed by atoms with Crippen LogP contribution in [-0.2, 0) is 24.8 Å². The first kappa shape index (κ1) is 18.4. The fourth-order valence-corrected chi connectivity index (χ4v) is 2.67. The molecule has 0 spiro atoms. The third-order valence-corrected chi connectivity index (χ3v) is 4.16. The maximum absolute atomic E-state index is 12.3. The average Bonchev–Trinajstić information content (AvgIpc) is 3.06. The molecule has 0 aliphatic carbocycles. The Kier molecular flexibility index (Phi) is 5.99. The zero-order chi connectivity index (χ0) is 19.1. The van der Waals surface area contributed by atoms with Crippen molar-refractivity contribution in [1.29, 1.82) is 0 Å². The van der Waals surface area contributed by atoms with Crippen molar-refractivity contribution in [3.8, 4) is 0 Å². The predicted molar refractivity (Wildman–Crippen MR) is 104 cm³/mol. The van der Waals surface area contributed by atoms with Crippen molar-refractivity contribution < 1.29 is 9.59 Å². The number of aromatic nitrogens is 2. The lowest BCUT2D eigenvalue weighted by molar-refractivity contribution is -0.116. The topological polar surface area (TPSA) is 76.0 Å². The number of hydrogen-bond donors (Lipinski definition) is 2. The number of amides is 2. The molecule has 2 amide bonds. The number of carbonyl (C=O) groups excluding carboxylic acids is 2. The Hall–Kier alpha value is -3.41. The Balaban J connectivity index is 1.54. The van der Waals surface area contributed by atoms with Crippen molar-refractivity contribution in [2.24, 2.45) is 7.05 Å². The smallest absolute Gasteiger partial charge is 0.272 e. The molecule has 0 aliphatic rings. The van der Waals surface area contributed by atoms with Gasteiger partial charge in [-0.15, -0.1) is 0 Å². The lowest BCUT2D eigenvalue weighted by atomic mass is 10.1. The highest BCUT2D eigenvalue weighted by Crippen LogP contribution is 2.11. The van der Waals surface area contributed by atoms with Gasteiger partial charge in [-0.2, -0.15) is 5.10 Å². The van der Waals surface area contributed by atoms with Crippen molar-refractivity contribution in [1.82, 2.24) is 15.1 Å². The molecule has 1 aromatic heterocycles. The van der Waals surface area contributed by atoms with Crippen molar-refractivity contribution >= 4 is 17.6 Å². The van der Waals surface area contributed by atoms with Crippen LogP contribution in [0, 0.1) is 0 Å². The molecule has 27 heavy (non-hydrogen) atoms. The third-order valence-electron chi connectivity index (χ3n) is 4.16. The summed E-state index contributed by atoms with van der Waals surface area (Å²) in [6.45, 7) is 0.426. The Morgan fingerprint density at radius 3 is 2.26 bits per heavy atom. The lowest BCUT2D eigenvalue weighted by Crippen LogP contribution is -2.23. The van der Waals surface area contributed by atoms with Crippen LogP contribution in [-0.4, -0.2) is 21.6 Å². The van der Waals surface area contributed by atoms with E-state index in [-0.39, 0.29) is 17.5 Å². The lowest BCUT2D eigenvalue weighted by Gasteiger charge is -2.05. The molecule has 0 aliphatic heterocycles. The van der Waals surface area contributed by atoms with Crippen LogP contribution in [0.1, 0.15) is 28.0 Å². The van der Waals surface area contributed by atoms with E-state index in [4.69, 9.17) is 0 Å². The molecule has 6 nitrogen and oxygen atoms in total. The van der Waals surface area contributed by atoms with Gasteiger partial charge in [0.05, 0.1) is 0 Å². The van der Waals surface area contributed by atoms with Crippen LogP contribution in [0.4, 0.5) is 5.82 Å². The zero-order valence-electron chi connectivity index (χ0n) is 15.2. The molecular weight excluding hydrogens is 340 g/mol. The number of hydrogen-bond acceptors (Lipinski definition) is 3. The summed E-state index contributed by atoms with van der Waals surface area (Å²) in [7, 11) is 1.70. The van der Waals surface area contributed by atoms with Gasteiger partial charge in [0.15, 0.2) is 5.69 Å². The van der Waals surface area contributed by atoms with E-state index in [1.807, 2.05) is 60.7 Å². The molecule has 3 aromatic rings.